The second-order valence-corrected chi connectivity index (χ2v) is 6.02. The van der Waals surface area contributed by atoms with Crippen molar-refractivity contribution in [1.29, 1.82) is 0 Å². The largest absolute Gasteiger partial charge is 0.468 e. The van der Waals surface area contributed by atoms with Gasteiger partial charge in [0.1, 0.15) is 5.76 Å². The van der Waals surface area contributed by atoms with Gasteiger partial charge in [-0.3, -0.25) is 4.90 Å². The second kappa shape index (κ2) is 5.65. The van der Waals surface area contributed by atoms with E-state index in [0.29, 0.717) is 18.1 Å². The minimum atomic E-state index is 0.393. The Kier molecular flexibility index (Phi) is 3.91. The van der Waals surface area contributed by atoms with Gasteiger partial charge in [0, 0.05) is 25.7 Å². The summed E-state index contributed by atoms with van der Waals surface area (Å²) in [7, 11) is 4.40. The highest BCUT2D eigenvalue weighted by atomic mass is 16.5. The molecule has 0 saturated carbocycles. The molecule has 1 aromatic rings. The van der Waals surface area contributed by atoms with Crippen LogP contribution in [0.4, 0.5) is 0 Å². The summed E-state index contributed by atoms with van der Waals surface area (Å²) >= 11 is 0. The fourth-order valence-corrected chi connectivity index (χ4v) is 3.54. The van der Waals surface area contributed by atoms with Crippen LogP contribution in [0.15, 0.2) is 22.8 Å². The van der Waals surface area contributed by atoms with Crippen molar-refractivity contribution in [2.24, 2.45) is 5.92 Å². The van der Waals surface area contributed by atoms with Crippen LogP contribution in [0, 0.1) is 5.92 Å². The number of nitrogens with zero attached hydrogens (tertiary/aromatic N) is 2. The van der Waals surface area contributed by atoms with Crippen molar-refractivity contribution in [3.05, 3.63) is 24.2 Å². The van der Waals surface area contributed by atoms with Crippen LogP contribution in [-0.4, -0.2) is 55.7 Å². The van der Waals surface area contributed by atoms with Gasteiger partial charge in [-0.05, 0) is 45.0 Å². The summed E-state index contributed by atoms with van der Waals surface area (Å²) in [6, 6.07) is 4.47. The molecule has 3 heterocycles. The molecule has 1 aromatic heterocycles. The van der Waals surface area contributed by atoms with Gasteiger partial charge in [-0.2, -0.15) is 0 Å². The van der Waals surface area contributed by atoms with Crippen LogP contribution in [0.1, 0.15) is 18.6 Å². The van der Waals surface area contributed by atoms with Crippen LogP contribution in [-0.2, 0) is 11.3 Å². The molecule has 2 aliphatic rings. The van der Waals surface area contributed by atoms with Gasteiger partial charge in [-0.1, -0.05) is 0 Å². The van der Waals surface area contributed by atoms with Gasteiger partial charge in [0.05, 0.1) is 18.9 Å². The maximum absolute atomic E-state index is 6.08. The predicted molar refractivity (Wildman–Crippen MR) is 73.9 cm³/mol. The van der Waals surface area contributed by atoms with Crippen molar-refractivity contribution in [2.45, 2.75) is 31.5 Å². The van der Waals surface area contributed by atoms with Gasteiger partial charge >= 0.3 is 0 Å². The predicted octanol–water partition coefficient (Wildman–Crippen LogP) is 1.82. The fraction of sp³-hybridized carbons (Fsp3) is 0.733. The average Bonchev–Trinajstić information content (AvgIpc) is 2.90. The molecule has 3 rings (SSSR count). The van der Waals surface area contributed by atoms with Crippen molar-refractivity contribution >= 4 is 0 Å². The van der Waals surface area contributed by atoms with Crippen LogP contribution >= 0.6 is 0 Å². The number of rotatable bonds is 3. The molecule has 0 bridgehead atoms. The highest BCUT2D eigenvalue weighted by Crippen LogP contribution is 2.30. The fourth-order valence-electron chi connectivity index (χ4n) is 3.54. The summed E-state index contributed by atoms with van der Waals surface area (Å²) < 4.78 is 11.5. The van der Waals surface area contributed by atoms with Gasteiger partial charge in [-0.15, -0.1) is 0 Å². The summed E-state index contributed by atoms with van der Waals surface area (Å²) in [5, 5.41) is 0. The van der Waals surface area contributed by atoms with Gasteiger partial charge in [0.15, 0.2) is 0 Å². The number of likely N-dealkylation sites (N-methyl/N-ethyl adjacent to an activating group) is 2. The SMILES string of the molecule is CN1C[C@H]2CCCO[C@H]2[C@@H](N(C)Cc2ccco2)C1. The maximum Gasteiger partial charge on any atom is 0.117 e. The standard InChI is InChI=1S/C15H24N2O2/c1-16-9-12-5-3-8-19-15(12)14(11-16)17(2)10-13-6-4-7-18-13/h4,6-7,12,14-15H,3,5,8-11H2,1-2H3/t12-,14+,15-/m1/s1. The number of likely N-dealkylation sites (tertiary alicyclic amines) is 1. The third kappa shape index (κ3) is 2.86. The van der Waals surface area contributed by atoms with Crippen LogP contribution < -0.4 is 0 Å². The number of fused-ring (bicyclic) bond motifs is 1. The number of piperidine rings is 1. The Bertz CT molecular complexity index is 393. The van der Waals surface area contributed by atoms with E-state index < -0.39 is 0 Å². The zero-order valence-electron chi connectivity index (χ0n) is 11.9. The lowest BCUT2D eigenvalue weighted by Gasteiger charge is -2.47. The molecular weight excluding hydrogens is 240 g/mol. The maximum atomic E-state index is 6.08. The molecule has 4 nitrogen and oxygen atoms in total. The Balaban J connectivity index is 1.69. The molecule has 19 heavy (non-hydrogen) atoms. The third-order valence-corrected chi connectivity index (χ3v) is 4.47. The molecule has 2 aliphatic heterocycles. The van der Waals surface area contributed by atoms with Gasteiger partial charge in [0.2, 0.25) is 0 Å². The number of furan rings is 1. The minimum Gasteiger partial charge on any atom is -0.468 e. The van der Waals surface area contributed by atoms with Gasteiger partial charge < -0.3 is 14.1 Å². The lowest BCUT2D eigenvalue weighted by atomic mass is 9.85. The molecule has 0 spiro atoms. The van der Waals surface area contributed by atoms with E-state index in [-0.39, 0.29) is 0 Å². The zero-order chi connectivity index (χ0) is 13.2. The van der Waals surface area contributed by atoms with Crippen molar-refractivity contribution < 1.29 is 9.15 Å². The first-order valence-electron chi connectivity index (χ1n) is 7.27. The number of ether oxygens (including phenoxy) is 1. The Hall–Kier alpha value is -0.840. The van der Waals surface area contributed by atoms with E-state index in [2.05, 4.69) is 23.9 Å². The van der Waals surface area contributed by atoms with E-state index in [4.69, 9.17) is 9.15 Å². The third-order valence-electron chi connectivity index (χ3n) is 4.47. The molecule has 106 valence electrons. The molecule has 2 saturated heterocycles. The average molecular weight is 264 g/mol. The molecule has 0 radical (unpaired) electrons. The van der Waals surface area contributed by atoms with E-state index in [1.54, 1.807) is 6.26 Å². The van der Waals surface area contributed by atoms with Crippen molar-refractivity contribution in [3.63, 3.8) is 0 Å². The first kappa shape index (κ1) is 13.2. The Labute approximate surface area is 115 Å². The number of hydrogen-bond donors (Lipinski definition) is 0. The monoisotopic (exact) mass is 264 g/mol. The minimum absolute atomic E-state index is 0.393. The Morgan fingerprint density at radius 2 is 2.32 bits per heavy atom. The molecular formula is C15H24N2O2. The van der Waals surface area contributed by atoms with Crippen molar-refractivity contribution in [3.8, 4) is 0 Å². The van der Waals surface area contributed by atoms with E-state index in [0.717, 1.165) is 25.5 Å². The topological polar surface area (TPSA) is 28.9 Å². The van der Waals surface area contributed by atoms with Gasteiger partial charge in [-0.25, -0.2) is 0 Å². The highest BCUT2D eigenvalue weighted by Gasteiger charge is 2.40. The van der Waals surface area contributed by atoms with Crippen LogP contribution in [0.25, 0.3) is 0 Å². The first-order valence-corrected chi connectivity index (χ1v) is 7.27. The molecule has 0 aliphatic carbocycles. The molecule has 0 aromatic carbocycles. The molecule has 3 atom stereocenters. The summed E-state index contributed by atoms with van der Waals surface area (Å²) in [6.07, 6.45) is 4.66. The quantitative estimate of drug-likeness (QED) is 0.833. The van der Waals surface area contributed by atoms with E-state index in [1.165, 1.54) is 19.4 Å². The molecule has 0 unspecified atom stereocenters. The van der Waals surface area contributed by atoms with Crippen LogP contribution in [0.3, 0.4) is 0 Å². The Morgan fingerprint density at radius 3 is 3.11 bits per heavy atom. The van der Waals surface area contributed by atoms with E-state index >= 15 is 0 Å². The summed E-state index contributed by atoms with van der Waals surface area (Å²) in [4.78, 5) is 4.83. The van der Waals surface area contributed by atoms with Crippen LogP contribution in [0.5, 0.6) is 0 Å². The summed E-state index contributed by atoms with van der Waals surface area (Å²) in [5.74, 6) is 1.72. The molecule has 2 fully saturated rings. The normalized spacial score (nSPS) is 32.5. The van der Waals surface area contributed by atoms with E-state index in [1.807, 2.05) is 12.1 Å². The van der Waals surface area contributed by atoms with Crippen molar-refractivity contribution in [1.82, 2.24) is 9.80 Å². The second-order valence-electron chi connectivity index (χ2n) is 6.02. The van der Waals surface area contributed by atoms with Crippen LogP contribution in [0.2, 0.25) is 0 Å². The molecule has 4 heteroatoms. The molecule has 0 amide bonds. The first-order chi connectivity index (χ1) is 9.24. The highest BCUT2D eigenvalue weighted by molar-refractivity contribution is 5.00. The van der Waals surface area contributed by atoms with Crippen molar-refractivity contribution in [2.75, 3.05) is 33.8 Å². The van der Waals surface area contributed by atoms with Gasteiger partial charge in [0.25, 0.3) is 0 Å². The Morgan fingerprint density at radius 1 is 1.42 bits per heavy atom. The summed E-state index contributed by atoms with van der Waals surface area (Å²) in [5.41, 5.74) is 0. The number of hydrogen-bond acceptors (Lipinski definition) is 4. The lowest BCUT2D eigenvalue weighted by Crippen LogP contribution is -2.59. The summed E-state index contributed by atoms with van der Waals surface area (Å²) in [6.45, 7) is 4.04. The zero-order valence-corrected chi connectivity index (χ0v) is 11.9. The lowest BCUT2D eigenvalue weighted by molar-refractivity contribution is -0.108. The molecule has 0 N–H and O–H groups in total. The smallest absolute Gasteiger partial charge is 0.117 e. The van der Waals surface area contributed by atoms with E-state index in [9.17, 15) is 0 Å².